The summed E-state index contributed by atoms with van der Waals surface area (Å²) in [6.45, 7) is 2.78. The molecule has 0 fully saturated rings. The fourth-order valence-electron chi connectivity index (χ4n) is 1.25. The fourth-order valence-corrected chi connectivity index (χ4v) is 3.54. The average Bonchev–Trinajstić information content (AvgIpc) is 2.53. The maximum absolute atomic E-state index is 5.52. The van der Waals surface area contributed by atoms with Crippen molar-refractivity contribution in [2.24, 2.45) is 0 Å². The van der Waals surface area contributed by atoms with Crippen molar-refractivity contribution in [3.63, 3.8) is 0 Å². The van der Waals surface area contributed by atoms with E-state index >= 15 is 0 Å². The molecular weight excluding hydrogens is 264 g/mol. The van der Waals surface area contributed by atoms with E-state index in [-0.39, 0.29) is 20.4 Å². The Hall–Kier alpha value is -0.450. The first kappa shape index (κ1) is 8.16. The second-order valence-corrected chi connectivity index (χ2v) is 5.23. The molecule has 1 heterocycles. The van der Waals surface area contributed by atoms with E-state index in [0.29, 0.717) is 0 Å². The average molecular weight is 274 g/mol. The van der Waals surface area contributed by atoms with Gasteiger partial charge in [0.25, 0.3) is 0 Å². The van der Waals surface area contributed by atoms with Gasteiger partial charge in [0, 0.05) is 0 Å². The normalized spacial score (nSPS) is 10.4. The number of benzene rings is 1. The summed E-state index contributed by atoms with van der Waals surface area (Å²) in [5.74, 6) is 1.05. The van der Waals surface area contributed by atoms with E-state index in [9.17, 15) is 0 Å². The summed E-state index contributed by atoms with van der Waals surface area (Å²) in [5, 5.41) is 1.32. The predicted octanol–water partition coefficient (Wildman–Crippen LogP) is 2.30. The second kappa shape index (κ2) is 3.51. The molecule has 0 radical (unpaired) electrons. The molecular formula is C10H10OTe. The van der Waals surface area contributed by atoms with Gasteiger partial charge >= 0.3 is 81.6 Å². The molecule has 62 valence electrons. The van der Waals surface area contributed by atoms with E-state index in [2.05, 4.69) is 22.3 Å². The van der Waals surface area contributed by atoms with Crippen LogP contribution in [-0.4, -0.2) is 27.0 Å². The van der Waals surface area contributed by atoms with Crippen LogP contribution in [0.3, 0.4) is 0 Å². The molecule has 2 rings (SSSR count). The predicted molar refractivity (Wildman–Crippen MR) is 52.1 cm³/mol. The monoisotopic (exact) mass is 276 g/mol. The third kappa shape index (κ3) is 1.37. The van der Waals surface area contributed by atoms with Gasteiger partial charge in [0.1, 0.15) is 0 Å². The van der Waals surface area contributed by atoms with Crippen LogP contribution in [0.25, 0.3) is 8.79 Å². The molecule has 0 saturated carbocycles. The van der Waals surface area contributed by atoms with Gasteiger partial charge in [0.05, 0.1) is 0 Å². The van der Waals surface area contributed by atoms with Crippen molar-refractivity contribution in [2.75, 3.05) is 6.61 Å². The summed E-state index contributed by atoms with van der Waals surface area (Å²) in [7, 11) is 0. The van der Waals surface area contributed by atoms with Gasteiger partial charge in [-0.3, -0.25) is 0 Å². The second-order valence-electron chi connectivity index (χ2n) is 2.52. The van der Waals surface area contributed by atoms with Crippen LogP contribution in [0.5, 0.6) is 5.75 Å². The first-order valence-electron chi connectivity index (χ1n) is 4.01. The topological polar surface area (TPSA) is 9.23 Å². The molecule has 1 aromatic heterocycles. The van der Waals surface area contributed by atoms with Crippen molar-refractivity contribution in [2.45, 2.75) is 6.92 Å². The van der Waals surface area contributed by atoms with E-state index in [1.165, 1.54) is 8.79 Å². The van der Waals surface area contributed by atoms with Crippen LogP contribution >= 0.6 is 0 Å². The number of ether oxygens (including phenoxy) is 1. The van der Waals surface area contributed by atoms with Crippen molar-refractivity contribution in [3.05, 3.63) is 28.3 Å². The van der Waals surface area contributed by atoms with E-state index in [4.69, 9.17) is 4.74 Å². The third-order valence-electron chi connectivity index (χ3n) is 1.76. The molecule has 0 unspecified atom stereocenters. The summed E-state index contributed by atoms with van der Waals surface area (Å²) in [4.78, 5) is 0. The summed E-state index contributed by atoms with van der Waals surface area (Å²) in [6.07, 6.45) is 0. The first-order chi connectivity index (χ1) is 5.92. The van der Waals surface area contributed by atoms with Gasteiger partial charge in [0.2, 0.25) is 0 Å². The van der Waals surface area contributed by atoms with Crippen molar-refractivity contribution >= 4 is 29.2 Å². The van der Waals surface area contributed by atoms with E-state index in [1.54, 1.807) is 0 Å². The first-order valence-corrected chi connectivity index (χ1v) is 6.52. The van der Waals surface area contributed by atoms with Crippen molar-refractivity contribution in [1.82, 2.24) is 0 Å². The van der Waals surface area contributed by atoms with Crippen LogP contribution in [0.4, 0.5) is 0 Å². The van der Waals surface area contributed by atoms with Gasteiger partial charge in [-0.25, -0.2) is 0 Å². The molecule has 1 nitrogen and oxygen atoms in total. The van der Waals surface area contributed by atoms with Crippen LogP contribution in [0.2, 0.25) is 0 Å². The summed E-state index contributed by atoms with van der Waals surface area (Å²) >= 11 is -0.0332. The molecule has 0 N–H and O–H groups in total. The molecule has 0 aliphatic rings. The third-order valence-corrected chi connectivity index (χ3v) is 4.27. The molecule has 0 amide bonds. The molecule has 0 spiro atoms. The Bertz CT molecular complexity index is 378. The SMILES string of the molecule is CCOc1cccc2[te]ccc12. The zero-order chi connectivity index (χ0) is 8.39. The van der Waals surface area contributed by atoms with Gasteiger partial charge in [0.15, 0.2) is 0 Å². The number of fused-ring (bicyclic) bond motifs is 1. The quantitative estimate of drug-likeness (QED) is 0.763. The molecule has 0 atom stereocenters. The van der Waals surface area contributed by atoms with Crippen molar-refractivity contribution in [3.8, 4) is 5.75 Å². The van der Waals surface area contributed by atoms with Gasteiger partial charge in [-0.05, 0) is 0 Å². The van der Waals surface area contributed by atoms with E-state index in [1.807, 2.05) is 13.0 Å². The van der Waals surface area contributed by atoms with Crippen molar-refractivity contribution in [1.29, 1.82) is 0 Å². The van der Waals surface area contributed by atoms with Crippen LogP contribution < -0.4 is 4.74 Å². The molecule has 0 aliphatic carbocycles. The molecule has 0 aliphatic heterocycles. The number of rotatable bonds is 2. The Balaban J connectivity index is 2.57. The Labute approximate surface area is 81.6 Å². The summed E-state index contributed by atoms with van der Waals surface area (Å²) < 4.78 is 9.33. The molecule has 1 aromatic carbocycles. The zero-order valence-corrected chi connectivity index (χ0v) is 9.24. The fraction of sp³-hybridized carbons (Fsp3) is 0.200. The van der Waals surface area contributed by atoms with Gasteiger partial charge < -0.3 is 0 Å². The van der Waals surface area contributed by atoms with Crippen molar-refractivity contribution < 1.29 is 4.74 Å². The summed E-state index contributed by atoms with van der Waals surface area (Å²) in [6, 6.07) is 8.54. The Morgan fingerprint density at radius 3 is 3.08 bits per heavy atom. The molecule has 0 saturated heterocycles. The zero-order valence-electron chi connectivity index (χ0n) is 6.91. The van der Waals surface area contributed by atoms with Gasteiger partial charge in [-0.1, -0.05) is 0 Å². The van der Waals surface area contributed by atoms with E-state index < -0.39 is 0 Å². The minimum absolute atomic E-state index is 0.0332. The number of hydrogen-bond donors (Lipinski definition) is 0. The van der Waals surface area contributed by atoms with Crippen LogP contribution in [0, 0.1) is 0 Å². The van der Waals surface area contributed by atoms with E-state index in [0.717, 1.165) is 12.4 Å². The van der Waals surface area contributed by atoms with Crippen LogP contribution in [-0.2, 0) is 0 Å². The van der Waals surface area contributed by atoms with Gasteiger partial charge in [-0.2, -0.15) is 0 Å². The molecule has 2 aromatic rings. The van der Waals surface area contributed by atoms with Gasteiger partial charge in [-0.15, -0.1) is 0 Å². The van der Waals surface area contributed by atoms with Crippen LogP contribution in [0.15, 0.2) is 28.3 Å². The standard InChI is InChI=1S/C10H10OTe/c1-2-11-9-4-3-5-10-8(9)6-7-12-10/h3-7H,2H2,1H3. The van der Waals surface area contributed by atoms with Crippen LogP contribution in [0.1, 0.15) is 6.92 Å². The summed E-state index contributed by atoms with van der Waals surface area (Å²) in [5.41, 5.74) is 0. The Kier molecular flexibility index (Phi) is 2.39. The molecule has 2 heteroatoms. The molecule has 0 bridgehead atoms. The molecule has 12 heavy (non-hydrogen) atoms. The Morgan fingerprint density at radius 1 is 1.33 bits per heavy atom. The maximum atomic E-state index is 5.52. The Morgan fingerprint density at radius 2 is 2.25 bits per heavy atom. The number of hydrogen-bond acceptors (Lipinski definition) is 1. The minimum atomic E-state index is -0.0332.